The number of nitrogens with two attached hydrogens (primary N) is 1. The molecule has 9 nitrogen and oxygen atoms in total. The van der Waals surface area contributed by atoms with Crippen LogP contribution in [0.25, 0.3) is 16.8 Å². The topological polar surface area (TPSA) is 116 Å². The summed E-state index contributed by atoms with van der Waals surface area (Å²) in [6.45, 7) is 2.27. The van der Waals surface area contributed by atoms with Crippen LogP contribution in [0.3, 0.4) is 0 Å². The Morgan fingerprint density at radius 3 is 2.62 bits per heavy atom. The number of carbonyl (C=O) groups excluding carboxylic acids is 1. The average Bonchev–Trinajstić information content (AvgIpc) is 3.49. The molecule has 4 heterocycles. The normalized spacial score (nSPS) is 11.7. The van der Waals surface area contributed by atoms with E-state index in [0.717, 1.165) is 23.3 Å². The van der Waals surface area contributed by atoms with Gasteiger partial charge in [0.05, 0.1) is 34.4 Å². The lowest BCUT2D eigenvalue weighted by molar-refractivity contribution is -0.136. The standard InChI is InChI=1S/C25H21F3N8O/c1-15-19(24(37)34-18-12-32-35(13-18)8-7-16-5-3-2-4-6-16)9-17(11-30-15)21-10-20(25(26,27)28)22-23(29)31-14-33-36(21)22/h2-6,9-14H,7-8H2,1H3,(H,34,37)(H2,29,31,33). The van der Waals surface area contributed by atoms with Crippen molar-refractivity contribution in [2.24, 2.45) is 0 Å². The predicted molar refractivity (Wildman–Crippen MR) is 131 cm³/mol. The lowest BCUT2D eigenvalue weighted by Crippen LogP contribution is -2.14. The van der Waals surface area contributed by atoms with Crippen molar-refractivity contribution in [3.63, 3.8) is 0 Å². The van der Waals surface area contributed by atoms with Crippen LogP contribution in [0.15, 0.2) is 67.4 Å². The summed E-state index contributed by atoms with van der Waals surface area (Å²) < 4.78 is 43.8. The second kappa shape index (κ2) is 9.37. The lowest BCUT2D eigenvalue weighted by atomic mass is 10.1. The Morgan fingerprint density at radius 1 is 1.08 bits per heavy atom. The van der Waals surface area contributed by atoms with Crippen LogP contribution in [0.2, 0.25) is 0 Å². The SMILES string of the molecule is Cc1ncc(-c2cc(C(F)(F)F)c3c(N)ncnn23)cc1C(=O)Nc1cnn(CCc2ccccc2)c1. The molecule has 0 aliphatic heterocycles. The highest BCUT2D eigenvalue weighted by molar-refractivity contribution is 6.05. The van der Waals surface area contributed by atoms with E-state index in [1.807, 2.05) is 30.3 Å². The number of hydrogen-bond donors (Lipinski definition) is 2. The van der Waals surface area contributed by atoms with Gasteiger partial charge in [-0.2, -0.15) is 23.4 Å². The van der Waals surface area contributed by atoms with Crippen molar-refractivity contribution >= 4 is 22.9 Å². The third-order valence-electron chi connectivity index (χ3n) is 5.88. The number of nitrogens with zero attached hydrogens (tertiary/aromatic N) is 6. The molecule has 0 fully saturated rings. The number of fused-ring (bicyclic) bond motifs is 1. The molecule has 0 unspecified atom stereocenters. The monoisotopic (exact) mass is 506 g/mol. The van der Waals surface area contributed by atoms with Crippen molar-refractivity contribution in [3.8, 4) is 11.3 Å². The van der Waals surface area contributed by atoms with Gasteiger partial charge in [0.15, 0.2) is 5.82 Å². The van der Waals surface area contributed by atoms with Gasteiger partial charge >= 0.3 is 6.18 Å². The van der Waals surface area contributed by atoms with Crippen molar-refractivity contribution in [2.75, 3.05) is 11.1 Å². The Kier molecular flexibility index (Phi) is 6.07. The number of alkyl halides is 3. The Morgan fingerprint density at radius 2 is 1.86 bits per heavy atom. The van der Waals surface area contributed by atoms with E-state index in [1.165, 1.54) is 24.0 Å². The number of pyridine rings is 1. The molecule has 0 spiro atoms. The predicted octanol–water partition coefficient (Wildman–Crippen LogP) is 4.39. The minimum Gasteiger partial charge on any atom is -0.382 e. The van der Waals surface area contributed by atoms with Gasteiger partial charge in [0.25, 0.3) is 5.91 Å². The quantitative estimate of drug-likeness (QED) is 0.353. The van der Waals surface area contributed by atoms with Gasteiger partial charge in [-0.1, -0.05) is 30.3 Å². The number of anilines is 2. The van der Waals surface area contributed by atoms with Crippen LogP contribution in [0.1, 0.15) is 27.2 Å². The molecule has 5 aromatic rings. The molecular formula is C25H21F3N8O. The van der Waals surface area contributed by atoms with Crippen LogP contribution in [0, 0.1) is 6.92 Å². The molecule has 0 aliphatic carbocycles. The third kappa shape index (κ3) is 4.85. The van der Waals surface area contributed by atoms with Crippen LogP contribution in [-0.2, 0) is 19.1 Å². The van der Waals surface area contributed by atoms with Crippen molar-refractivity contribution in [3.05, 3.63) is 89.8 Å². The summed E-state index contributed by atoms with van der Waals surface area (Å²) in [5.41, 5.74) is 6.98. The highest BCUT2D eigenvalue weighted by Crippen LogP contribution is 2.38. The maximum atomic E-state index is 13.7. The summed E-state index contributed by atoms with van der Waals surface area (Å²) in [4.78, 5) is 21.0. The van der Waals surface area contributed by atoms with Gasteiger partial charge in [-0.25, -0.2) is 9.50 Å². The molecule has 0 aliphatic rings. The van der Waals surface area contributed by atoms with E-state index in [0.29, 0.717) is 17.9 Å². The molecule has 37 heavy (non-hydrogen) atoms. The zero-order valence-corrected chi connectivity index (χ0v) is 19.6. The first-order chi connectivity index (χ1) is 17.7. The number of aryl methyl sites for hydroxylation is 3. The zero-order chi connectivity index (χ0) is 26.2. The van der Waals surface area contributed by atoms with Crippen molar-refractivity contribution in [1.29, 1.82) is 0 Å². The number of nitrogen functional groups attached to an aromatic ring is 1. The number of halogens is 3. The van der Waals surface area contributed by atoms with Crippen molar-refractivity contribution in [2.45, 2.75) is 26.1 Å². The van der Waals surface area contributed by atoms with Gasteiger partial charge in [-0.3, -0.25) is 14.5 Å². The number of benzene rings is 1. The fourth-order valence-corrected chi connectivity index (χ4v) is 4.03. The van der Waals surface area contributed by atoms with Crippen LogP contribution in [-0.4, -0.2) is 35.3 Å². The molecular weight excluding hydrogens is 485 g/mol. The van der Waals surface area contributed by atoms with Crippen LogP contribution >= 0.6 is 0 Å². The van der Waals surface area contributed by atoms with Gasteiger partial charge in [-0.15, -0.1) is 0 Å². The lowest BCUT2D eigenvalue weighted by Gasteiger charge is -2.09. The maximum Gasteiger partial charge on any atom is 0.418 e. The summed E-state index contributed by atoms with van der Waals surface area (Å²) in [6, 6.07) is 12.3. The van der Waals surface area contributed by atoms with E-state index in [4.69, 9.17) is 5.73 Å². The Bertz CT molecular complexity index is 1590. The van der Waals surface area contributed by atoms with Gasteiger partial charge in [0.2, 0.25) is 0 Å². The molecule has 188 valence electrons. The molecule has 12 heteroatoms. The van der Waals surface area contributed by atoms with Gasteiger partial charge in [-0.05, 0) is 31.0 Å². The molecule has 0 atom stereocenters. The molecule has 0 saturated carbocycles. The smallest absolute Gasteiger partial charge is 0.382 e. The molecule has 3 N–H and O–H groups in total. The number of amides is 1. The first kappa shape index (κ1) is 24.0. The second-order valence-electron chi connectivity index (χ2n) is 8.39. The largest absolute Gasteiger partial charge is 0.418 e. The highest BCUT2D eigenvalue weighted by Gasteiger charge is 2.36. The Hall–Kier alpha value is -4.74. The molecule has 1 aromatic carbocycles. The minimum atomic E-state index is -4.68. The fourth-order valence-electron chi connectivity index (χ4n) is 4.03. The summed E-state index contributed by atoms with van der Waals surface area (Å²) >= 11 is 0. The summed E-state index contributed by atoms with van der Waals surface area (Å²) in [7, 11) is 0. The van der Waals surface area contributed by atoms with E-state index >= 15 is 0 Å². The number of aromatic nitrogens is 6. The average molecular weight is 506 g/mol. The molecule has 5 rings (SSSR count). The van der Waals surface area contributed by atoms with E-state index in [2.05, 4.69) is 25.5 Å². The van der Waals surface area contributed by atoms with Crippen LogP contribution < -0.4 is 11.1 Å². The van der Waals surface area contributed by atoms with Gasteiger partial charge in [0, 0.05) is 24.5 Å². The number of carbonyl (C=O) groups is 1. The van der Waals surface area contributed by atoms with Crippen LogP contribution in [0.4, 0.5) is 24.7 Å². The van der Waals surface area contributed by atoms with E-state index in [1.54, 1.807) is 17.8 Å². The minimum absolute atomic E-state index is 0.0757. The number of nitrogens with one attached hydrogen (secondary N) is 1. The van der Waals surface area contributed by atoms with Crippen LogP contribution in [0.5, 0.6) is 0 Å². The molecule has 0 bridgehead atoms. The number of rotatable bonds is 6. The van der Waals surface area contributed by atoms with Gasteiger partial charge < -0.3 is 11.1 Å². The zero-order valence-electron chi connectivity index (χ0n) is 19.6. The fraction of sp³-hybridized carbons (Fsp3) is 0.160. The van der Waals surface area contributed by atoms with E-state index < -0.39 is 17.6 Å². The molecule has 1 amide bonds. The van der Waals surface area contributed by atoms with Crippen molar-refractivity contribution < 1.29 is 18.0 Å². The second-order valence-corrected chi connectivity index (χ2v) is 8.39. The first-order valence-corrected chi connectivity index (χ1v) is 11.2. The Labute approximate surface area is 208 Å². The van der Waals surface area contributed by atoms with Crippen molar-refractivity contribution in [1.82, 2.24) is 29.4 Å². The summed E-state index contributed by atoms with van der Waals surface area (Å²) in [5, 5.41) is 11.0. The Balaban J connectivity index is 1.40. The summed E-state index contributed by atoms with van der Waals surface area (Å²) in [6.07, 6.45) is 1.79. The summed E-state index contributed by atoms with van der Waals surface area (Å²) in [5.74, 6) is -0.781. The molecule has 4 aromatic heterocycles. The van der Waals surface area contributed by atoms with E-state index in [-0.39, 0.29) is 28.2 Å². The first-order valence-electron chi connectivity index (χ1n) is 11.2. The number of hydrogen-bond acceptors (Lipinski definition) is 6. The third-order valence-corrected chi connectivity index (χ3v) is 5.88. The van der Waals surface area contributed by atoms with E-state index in [9.17, 15) is 18.0 Å². The highest BCUT2D eigenvalue weighted by atomic mass is 19.4. The van der Waals surface area contributed by atoms with Gasteiger partial charge in [0.1, 0.15) is 11.8 Å². The molecule has 0 saturated heterocycles. The molecule has 0 radical (unpaired) electrons. The maximum absolute atomic E-state index is 13.7.